The van der Waals surface area contributed by atoms with Crippen LogP contribution in [-0.4, -0.2) is 21.3 Å². The average Bonchev–Trinajstić information content (AvgIpc) is 2.35. The molecular formula is C7H11ClN4. The molecule has 0 aliphatic rings. The summed E-state index contributed by atoms with van der Waals surface area (Å²) >= 11 is 5.55. The molecular weight excluding hydrogens is 176 g/mol. The summed E-state index contributed by atoms with van der Waals surface area (Å²) in [5.41, 5.74) is 0. The number of rotatable bonds is 4. The quantitative estimate of drug-likeness (QED) is 0.751. The first-order valence-electron chi connectivity index (χ1n) is 3.57. The van der Waals surface area contributed by atoms with Gasteiger partial charge in [-0.05, 0) is 0 Å². The predicted octanol–water partition coefficient (Wildman–Crippen LogP) is 0.657. The van der Waals surface area contributed by atoms with Gasteiger partial charge in [-0.25, -0.2) is 4.98 Å². The van der Waals surface area contributed by atoms with E-state index in [1.54, 1.807) is 11.0 Å². The molecule has 0 radical (unpaired) electrons. The van der Waals surface area contributed by atoms with Crippen molar-refractivity contribution < 1.29 is 0 Å². The standard InChI is InChI=1S/C7H11ClN4/c1-6(8)3-9-4-7-10-5-12(2)11-7/h5,9H,1,3-4H2,2H3. The van der Waals surface area contributed by atoms with Gasteiger partial charge in [-0.15, -0.1) is 0 Å². The molecule has 0 saturated carbocycles. The van der Waals surface area contributed by atoms with E-state index in [0.717, 1.165) is 5.82 Å². The van der Waals surface area contributed by atoms with E-state index in [1.807, 2.05) is 7.05 Å². The van der Waals surface area contributed by atoms with Gasteiger partial charge in [-0.3, -0.25) is 4.68 Å². The number of nitrogens with zero attached hydrogens (tertiary/aromatic N) is 3. The van der Waals surface area contributed by atoms with Gasteiger partial charge in [-0.2, -0.15) is 5.10 Å². The average molecular weight is 187 g/mol. The molecule has 0 bridgehead atoms. The summed E-state index contributed by atoms with van der Waals surface area (Å²) in [6.07, 6.45) is 1.66. The smallest absolute Gasteiger partial charge is 0.164 e. The first kappa shape index (κ1) is 9.22. The fraction of sp³-hybridized carbons (Fsp3) is 0.429. The molecule has 0 atom stereocenters. The Balaban J connectivity index is 2.29. The van der Waals surface area contributed by atoms with E-state index in [-0.39, 0.29) is 0 Å². The van der Waals surface area contributed by atoms with Crippen LogP contribution < -0.4 is 5.32 Å². The van der Waals surface area contributed by atoms with Crippen LogP contribution >= 0.6 is 11.6 Å². The van der Waals surface area contributed by atoms with Crippen molar-refractivity contribution in [3.05, 3.63) is 23.8 Å². The molecule has 0 fully saturated rings. The SMILES string of the molecule is C=C(Cl)CNCc1ncn(C)n1. The fourth-order valence-corrected chi connectivity index (χ4v) is 0.869. The molecule has 1 heterocycles. The molecule has 0 aliphatic carbocycles. The van der Waals surface area contributed by atoms with Gasteiger partial charge in [0.25, 0.3) is 0 Å². The summed E-state index contributed by atoms with van der Waals surface area (Å²) in [7, 11) is 1.83. The van der Waals surface area contributed by atoms with Gasteiger partial charge < -0.3 is 5.32 Å². The second kappa shape index (κ2) is 4.23. The van der Waals surface area contributed by atoms with E-state index >= 15 is 0 Å². The highest BCUT2D eigenvalue weighted by Gasteiger charge is 1.96. The lowest BCUT2D eigenvalue weighted by molar-refractivity contribution is 0.685. The van der Waals surface area contributed by atoms with Crippen molar-refractivity contribution in [3.63, 3.8) is 0 Å². The lowest BCUT2D eigenvalue weighted by Crippen LogP contribution is -2.15. The largest absolute Gasteiger partial charge is 0.305 e. The first-order chi connectivity index (χ1) is 5.68. The van der Waals surface area contributed by atoms with Crippen molar-refractivity contribution >= 4 is 11.6 Å². The fourth-order valence-electron chi connectivity index (χ4n) is 0.775. The van der Waals surface area contributed by atoms with Gasteiger partial charge in [0.1, 0.15) is 6.33 Å². The van der Waals surface area contributed by atoms with Crippen molar-refractivity contribution in [1.82, 2.24) is 20.1 Å². The highest BCUT2D eigenvalue weighted by atomic mass is 35.5. The molecule has 5 heteroatoms. The van der Waals surface area contributed by atoms with Crippen molar-refractivity contribution in [3.8, 4) is 0 Å². The van der Waals surface area contributed by atoms with Gasteiger partial charge in [0.05, 0.1) is 6.54 Å². The van der Waals surface area contributed by atoms with Crippen LogP contribution in [0.5, 0.6) is 0 Å². The second-order valence-corrected chi connectivity index (χ2v) is 2.99. The number of aryl methyl sites for hydroxylation is 1. The number of nitrogens with one attached hydrogen (secondary N) is 1. The second-order valence-electron chi connectivity index (χ2n) is 2.46. The molecule has 0 saturated heterocycles. The van der Waals surface area contributed by atoms with Crippen molar-refractivity contribution in [2.45, 2.75) is 6.54 Å². The minimum Gasteiger partial charge on any atom is -0.305 e. The van der Waals surface area contributed by atoms with E-state index < -0.39 is 0 Å². The Bertz CT molecular complexity index is 268. The van der Waals surface area contributed by atoms with Crippen molar-refractivity contribution in [2.24, 2.45) is 7.05 Å². The van der Waals surface area contributed by atoms with E-state index in [1.165, 1.54) is 0 Å². The molecule has 0 unspecified atom stereocenters. The summed E-state index contributed by atoms with van der Waals surface area (Å²) in [5.74, 6) is 0.760. The van der Waals surface area contributed by atoms with Gasteiger partial charge in [0.2, 0.25) is 0 Å². The summed E-state index contributed by atoms with van der Waals surface area (Å²) < 4.78 is 1.66. The van der Waals surface area contributed by atoms with Gasteiger partial charge >= 0.3 is 0 Å². The molecule has 4 nitrogen and oxygen atoms in total. The van der Waals surface area contributed by atoms with E-state index in [4.69, 9.17) is 11.6 Å². The molecule has 0 aromatic carbocycles. The van der Waals surface area contributed by atoms with Crippen molar-refractivity contribution in [1.29, 1.82) is 0 Å². The third kappa shape index (κ3) is 3.02. The molecule has 1 N–H and O–H groups in total. The van der Waals surface area contributed by atoms with Crippen LogP contribution in [0.2, 0.25) is 0 Å². The van der Waals surface area contributed by atoms with Gasteiger partial charge in [0.15, 0.2) is 5.82 Å². The summed E-state index contributed by atoms with van der Waals surface area (Å²) in [6, 6.07) is 0. The molecule has 1 aromatic heterocycles. The van der Waals surface area contributed by atoms with Crippen LogP contribution in [-0.2, 0) is 13.6 Å². The number of hydrogen-bond donors (Lipinski definition) is 1. The zero-order valence-electron chi connectivity index (χ0n) is 6.92. The zero-order chi connectivity index (χ0) is 8.97. The molecule has 12 heavy (non-hydrogen) atoms. The summed E-state index contributed by atoms with van der Waals surface area (Å²) in [5, 5.41) is 7.71. The first-order valence-corrected chi connectivity index (χ1v) is 3.95. The monoisotopic (exact) mass is 186 g/mol. The van der Waals surface area contributed by atoms with E-state index in [2.05, 4.69) is 22.0 Å². The van der Waals surface area contributed by atoms with Crippen LogP contribution in [0.3, 0.4) is 0 Å². The van der Waals surface area contributed by atoms with Crippen LogP contribution in [0.1, 0.15) is 5.82 Å². The summed E-state index contributed by atoms with van der Waals surface area (Å²) in [4.78, 5) is 4.03. The lowest BCUT2D eigenvalue weighted by Gasteiger charge is -1.97. The molecule has 1 rings (SSSR count). The van der Waals surface area contributed by atoms with Gasteiger partial charge in [0, 0.05) is 18.6 Å². The van der Waals surface area contributed by atoms with Crippen LogP contribution in [0.25, 0.3) is 0 Å². The Kier molecular flexibility index (Phi) is 3.25. The van der Waals surface area contributed by atoms with Gasteiger partial charge in [-0.1, -0.05) is 18.2 Å². The Labute approximate surface area is 76.2 Å². The third-order valence-electron chi connectivity index (χ3n) is 1.25. The highest BCUT2D eigenvalue weighted by Crippen LogP contribution is 1.93. The van der Waals surface area contributed by atoms with E-state index in [0.29, 0.717) is 18.1 Å². The Morgan fingerprint density at radius 2 is 2.58 bits per heavy atom. The number of aromatic nitrogens is 3. The Hall–Kier alpha value is -0.870. The molecule has 0 aliphatic heterocycles. The van der Waals surface area contributed by atoms with Crippen LogP contribution in [0, 0.1) is 0 Å². The third-order valence-corrected chi connectivity index (χ3v) is 1.38. The molecule has 66 valence electrons. The molecule has 1 aromatic rings. The molecule has 0 amide bonds. The minimum atomic E-state index is 0.583. The Morgan fingerprint density at radius 1 is 1.83 bits per heavy atom. The number of hydrogen-bond acceptors (Lipinski definition) is 3. The van der Waals surface area contributed by atoms with Crippen LogP contribution in [0.15, 0.2) is 17.9 Å². The Morgan fingerprint density at radius 3 is 3.08 bits per heavy atom. The minimum absolute atomic E-state index is 0.583. The van der Waals surface area contributed by atoms with E-state index in [9.17, 15) is 0 Å². The van der Waals surface area contributed by atoms with Crippen molar-refractivity contribution in [2.75, 3.05) is 6.54 Å². The van der Waals surface area contributed by atoms with Crippen LogP contribution in [0.4, 0.5) is 0 Å². The lowest BCUT2D eigenvalue weighted by atomic mass is 10.5. The topological polar surface area (TPSA) is 42.7 Å². The number of halogens is 1. The molecule has 0 spiro atoms. The predicted molar refractivity (Wildman–Crippen MR) is 47.7 cm³/mol. The maximum Gasteiger partial charge on any atom is 0.164 e. The normalized spacial score (nSPS) is 10.2. The summed E-state index contributed by atoms with van der Waals surface area (Å²) in [6.45, 7) is 4.75. The maximum absolute atomic E-state index is 5.55. The highest BCUT2D eigenvalue weighted by molar-refractivity contribution is 6.29. The maximum atomic E-state index is 5.55. The zero-order valence-corrected chi connectivity index (χ0v) is 7.67.